The van der Waals surface area contributed by atoms with E-state index >= 15 is 0 Å². The van der Waals surface area contributed by atoms with Gasteiger partial charge in [-0.3, -0.25) is 4.98 Å². The second kappa shape index (κ2) is 6.68. The van der Waals surface area contributed by atoms with Crippen molar-refractivity contribution in [3.8, 4) is 0 Å². The second-order valence-electron chi connectivity index (χ2n) is 6.18. The zero-order chi connectivity index (χ0) is 14.7. The molecular formula is C17H29N3. The third kappa shape index (κ3) is 3.58. The van der Waals surface area contributed by atoms with E-state index in [0.29, 0.717) is 12.1 Å². The maximum atomic E-state index is 4.63. The maximum absolute atomic E-state index is 4.63. The SMILES string of the molecule is CCN1CCC(NC(C)c2c(C)cc(C)nc2C)CC1. The summed E-state index contributed by atoms with van der Waals surface area (Å²) in [6, 6.07) is 3.23. The van der Waals surface area contributed by atoms with Crippen molar-refractivity contribution in [3.63, 3.8) is 0 Å². The molecule has 1 saturated heterocycles. The van der Waals surface area contributed by atoms with E-state index in [4.69, 9.17) is 0 Å². The van der Waals surface area contributed by atoms with Crippen molar-refractivity contribution in [3.05, 3.63) is 28.6 Å². The van der Waals surface area contributed by atoms with Gasteiger partial charge in [0.15, 0.2) is 0 Å². The Balaban J connectivity index is 2.00. The number of aryl methyl sites for hydroxylation is 3. The highest BCUT2D eigenvalue weighted by Gasteiger charge is 2.21. The van der Waals surface area contributed by atoms with Crippen molar-refractivity contribution < 1.29 is 0 Å². The summed E-state index contributed by atoms with van der Waals surface area (Å²) >= 11 is 0. The molecular weight excluding hydrogens is 246 g/mol. The van der Waals surface area contributed by atoms with Crippen LogP contribution >= 0.6 is 0 Å². The molecule has 20 heavy (non-hydrogen) atoms. The molecule has 1 fully saturated rings. The number of hydrogen-bond donors (Lipinski definition) is 1. The van der Waals surface area contributed by atoms with Crippen LogP contribution in [0.1, 0.15) is 55.2 Å². The molecule has 1 aliphatic rings. The van der Waals surface area contributed by atoms with Crippen molar-refractivity contribution >= 4 is 0 Å². The molecule has 1 N–H and O–H groups in total. The van der Waals surface area contributed by atoms with Gasteiger partial charge < -0.3 is 10.2 Å². The number of pyridine rings is 1. The molecule has 0 aromatic carbocycles. The molecule has 1 aromatic rings. The summed E-state index contributed by atoms with van der Waals surface area (Å²) in [7, 11) is 0. The largest absolute Gasteiger partial charge is 0.307 e. The van der Waals surface area contributed by atoms with Crippen molar-refractivity contribution in [1.29, 1.82) is 0 Å². The van der Waals surface area contributed by atoms with Gasteiger partial charge in [0.05, 0.1) is 0 Å². The molecule has 0 spiro atoms. The van der Waals surface area contributed by atoms with Crippen LogP contribution in [0, 0.1) is 20.8 Å². The Bertz CT molecular complexity index is 425. The second-order valence-corrected chi connectivity index (χ2v) is 6.18. The molecule has 1 atom stereocenters. The minimum Gasteiger partial charge on any atom is -0.307 e. The third-order valence-corrected chi connectivity index (χ3v) is 4.54. The number of hydrogen-bond acceptors (Lipinski definition) is 3. The van der Waals surface area contributed by atoms with Crippen molar-refractivity contribution in [2.75, 3.05) is 19.6 Å². The molecule has 0 bridgehead atoms. The summed E-state index contributed by atoms with van der Waals surface area (Å²) in [5.74, 6) is 0. The van der Waals surface area contributed by atoms with Gasteiger partial charge in [-0.15, -0.1) is 0 Å². The number of likely N-dealkylation sites (tertiary alicyclic amines) is 1. The molecule has 2 heterocycles. The number of nitrogens with zero attached hydrogens (tertiary/aromatic N) is 2. The Hall–Kier alpha value is -0.930. The van der Waals surface area contributed by atoms with Crippen molar-refractivity contribution in [1.82, 2.24) is 15.2 Å². The number of rotatable bonds is 4. The molecule has 112 valence electrons. The van der Waals surface area contributed by atoms with Crippen LogP contribution in [0.5, 0.6) is 0 Å². The van der Waals surface area contributed by atoms with Gasteiger partial charge in [-0.05, 0) is 77.4 Å². The van der Waals surface area contributed by atoms with Crippen LogP contribution in [0.3, 0.4) is 0 Å². The van der Waals surface area contributed by atoms with Crippen molar-refractivity contribution in [2.24, 2.45) is 0 Å². The minimum absolute atomic E-state index is 0.390. The standard InChI is InChI=1S/C17H29N3/c1-6-20-9-7-16(8-10-20)19-15(5)17-12(2)11-13(3)18-14(17)4/h11,15-16,19H,6-10H2,1-5H3. The molecule has 0 saturated carbocycles. The lowest BCUT2D eigenvalue weighted by molar-refractivity contribution is 0.200. The molecule has 2 rings (SSSR count). The minimum atomic E-state index is 0.390. The number of piperidine rings is 1. The highest BCUT2D eigenvalue weighted by Crippen LogP contribution is 2.23. The first-order valence-electron chi connectivity index (χ1n) is 7.94. The maximum Gasteiger partial charge on any atom is 0.0426 e. The van der Waals surface area contributed by atoms with Gasteiger partial charge in [-0.2, -0.15) is 0 Å². The zero-order valence-corrected chi connectivity index (χ0v) is 13.7. The lowest BCUT2D eigenvalue weighted by Gasteiger charge is -2.33. The topological polar surface area (TPSA) is 28.2 Å². The molecule has 0 amide bonds. The van der Waals surface area contributed by atoms with Gasteiger partial charge in [0.25, 0.3) is 0 Å². The van der Waals surface area contributed by atoms with E-state index in [1.165, 1.54) is 49.3 Å². The van der Waals surface area contributed by atoms with E-state index < -0.39 is 0 Å². The van der Waals surface area contributed by atoms with Crippen molar-refractivity contribution in [2.45, 2.75) is 59.5 Å². The van der Waals surface area contributed by atoms with E-state index in [1.807, 2.05) is 0 Å². The predicted molar refractivity (Wildman–Crippen MR) is 85.1 cm³/mol. The van der Waals surface area contributed by atoms with Gasteiger partial charge in [0.1, 0.15) is 0 Å². The Morgan fingerprint density at radius 1 is 1.30 bits per heavy atom. The monoisotopic (exact) mass is 275 g/mol. The summed E-state index contributed by atoms with van der Waals surface area (Å²) in [5, 5.41) is 3.81. The Kier molecular flexibility index (Phi) is 5.17. The predicted octanol–water partition coefficient (Wildman–Crippen LogP) is 3.14. The van der Waals surface area contributed by atoms with Crippen LogP contribution in [0.25, 0.3) is 0 Å². The first-order chi connectivity index (χ1) is 9.51. The first kappa shape index (κ1) is 15.5. The summed E-state index contributed by atoms with van der Waals surface area (Å²) in [5.41, 5.74) is 5.04. The number of nitrogens with one attached hydrogen (secondary N) is 1. The summed E-state index contributed by atoms with van der Waals surface area (Å²) in [6.45, 7) is 14.6. The quantitative estimate of drug-likeness (QED) is 0.915. The Labute approximate surface area is 123 Å². The highest BCUT2D eigenvalue weighted by atomic mass is 15.1. The van der Waals surface area contributed by atoms with Crippen LogP contribution in [0.2, 0.25) is 0 Å². The summed E-state index contributed by atoms with van der Waals surface area (Å²) in [4.78, 5) is 7.16. The van der Waals surface area contributed by atoms with E-state index in [1.54, 1.807) is 0 Å². The molecule has 1 unspecified atom stereocenters. The van der Waals surface area contributed by atoms with Gasteiger partial charge >= 0.3 is 0 Å². The van der Waals surface area contributed by atoms with Crippen LogP contribution in [0.4, 0.5) is 0 Å². The Morgan fingerprint density at radius 3 is 2.50 bits per heavy atom. The van der Waals surface area contributed by atoms with E-state index in [2.05, 4.69) is 55.9 Å². The van der Waals surface area contributed by atoms with Gasteiger partial charge in [0, 0.05) is 23.5 Å². The van der Waals surface area contributed by atoms with E-state index in [9.17, 15) is 0 Å². The third-order valence-electron chi connectivity index (χ3n) is 4.54. The summed E-state index contributed by atoms with van der Waals surface area (Å²) < 4.78 is 0. The summed E-state index contributed by atoms with van der Waals surface area (Å²) in [6.07, 6.45) is 2.52. The first-order valence-corrected chi connectivity index (χ1v) is 7.94. The molecule has 3 heteroatoms. The van der Waals surface area contributed by atoms with Gasteiger partial charge in [-0.25, -0.2) is 0 Å². The zero-order valence-electron chi connectivity index (χ0n) is 13.7. The van der Waals surface area contributed by atoms with Crippen LogP contribution in [-0.4, -0.2) is 35.6 Å². The van der Waals surface area contributed by atoms with Gasteiger partial charge in [0.2, 0.25) is 0 Å². The lowest BCUT2D eigenvalue weighted by Crippen LogP contribution is -2.43. The van der Waals surface area contributed by atoms with Gasteiger partial charge in [-0.1, -0.05) is 6.92 Å². The average molecular weight is 275 g/mol. The molecule has 1 aromatic heterocycles. The van der Waals surface area contributed by atoms with Crippen LogP contribution in [0.15, 0.2) is 6.07 Å². The van der Waals surface area contributed by atoms with Crippen LogP contribution in [-0.2, 0) is 0 Å². The van der Waals surface area contributed by atoms with E-state index in [-0.39, 0.29) is 0 Å². The molecule has 0 aliphatic carbocycles. The number of aromatic nitrogens is 1. The lowest BCUT2D eigenvalue weighted by atomic mass is 9.97. The molecule has 0 radical (unpaired) electrons. The normalized spacial score (nSPS) is 19.2. The van der Waals surface area contributed by atoms with Crippen LogP contribution < -0.4 is 5.32 Å². The fourth-order valence-electron chi connectivity index (χ4n) is 3.54. The fourth-order valence-corrected chi connectivity index (χ4v) is 3.54. The average Bonchev–Trinajstić information content (AvgIpc) is 2.38. The van der Waals surface area contributed by atoms with E-state index in [0.717, 1.165) is 5.69 Å². The highest BCUT2D eigenvalue weighted by molar-refractivity contribution is 5.33. The molecule has 1 aliphatic heterocycles. The fraction of sp³-hybridized carbons (Fsp3) is 0.706. The smallest absolute Gasteiger partial charge is 0.0426 e. The molecule has 3 nitrogen and oxygen atoms in total. The Morgan fingerprint density at radius 2 is 1.95 bits per heavy atom.